The van der Waals surface area contributed by atoms with Crippen LogP contribution in [0.2, 0.25) is 0 Å². The van der Waals surface area contributed by atoms with E-state index in [4.69, 9.17) is 15.1 Å². The molecule has 5 N–H and O–H groups in total. The molecule has 122 valence electrons. The Kier molecular flexibility index (Phi) is 6.94. The number of hydrogen-bond acceptors (Lipinski definition) is 8. The zero-order valence-electron chi connectivity index (χ0n) is 11.1. The maximum atomic E-state index is 11.8. The summed E-state index contributed by atoms with van der Waals surface area (Å²) in [6, 6.07) is -1.27. The zero-order valence-corrected chi connectivity index (χ0v) is 11.9. The molecule has 2 atom stereocenters. The monoisotopic (exact) mass is 326 g/mol. The van der Waals surface area contributed by atoms with Crippen LogP contribution in [0.4, 0.5) is 0 Å². The van der Waals surface area contributed by atoms with Crippen molar-refractivity contribution in [1.82, 2.24) is 15.9 Å². The van der Waals surface area contributed by atoms with Crippen LogP contribution in [-0.2, 0) is 29.1 Å². The molecule has 1 aliphatic rings. The summed E-state index contributed by atoms with van der Waals surface area (Å²) >= 11 is 0. The first-order valence-corrected chi connectivity index (χ1v) is 7.48. The Morgan fingerprint density at radius 3 is 2.76 bits per heavy atom. The highest BCUT2D eigenvalue weighted by Crippen LogP contribution is 2.16. The molecule has 1 heterocycles. The number of rotatable bonds is 8. The molecule has 0 spiro atoms. The first-order valence-electron chi connectivity index (χ1n) is 6.11. The van der Waals surface area contributed by atoms with E-state index in [1.54, 1.807) is 0 Å². The number of likely N-dealkylation sites (tertiary alicyclic amines) is 1. The van der Waals surface area contributed by atoms with Gasteiger partial charge in [-0.05, 0) is 12.8 Å². The maximum absolute atomic E-state index is 11.8. The normalized spacial score (nSPS) is 22.9. The van der Waals surface area contributed by atoms with E-state index in [0.717, 1.165) is 0 Å². The van der Waals surface area contributed by atoms with E-state index in [2.05, 4.69) is 15.2 Å². The van der Waals surface area contributed by atoms with Crippen molar-refractivity contribution in [2.75, 3.05) is 19.7 Å². The average Bonchev–Trinajstić information content (AvgIpc) is 2.44. The predicted molar refractivity (Wildman–Crippen MR) is 68.5 cm³/mol. The van der Waals surface area contributed by atoms with Gasteiger partial charge < -0.3 is 10.6 Å². The van der Waals surface area contributed by atoms with E-state index in [1.807, 2.05) is 0 Å². The predicted octanol–water partition coefficient (Wildman–Crippen LogP) is -2.69. The number of piperidine rings is 1. The van der Waals surface area contributed by atoms with E-state index in [1.165, 1.54) is 4.90 Å². The quantitative estimate of drug-likeness (QED) is 0.161. The molecule has 1 rings (SSSR count). The summed E-state index contributed by atoms with van der Waals surface area (Å²) in [5.41, 5.74) is 9.50. The fourth-order valence-electron chi connectivity index (χ4n) is 1.87. The molecule has 0 aromatic heterocycles. The highest BCUT2D eigenvalue weighted by molar-refractivity contribution is 7.80. The van der Waals surface area contributed by atoms with Gasteiger partial charge in [0.05, 0.1) is 12.6 Å². The largest absolute Gasteiger partial charge is 0.413 e. The Morgan fingerprint density at radius 2 is 2.19 bits per heavy atom. The van der Waals surface area contributed by atoms with Gasteiger partial charge in [0.15, 0.2) is 0 Å². The molecule has 12 heteroatoms. The van der Waals surface area contributed by atoms with Crippen molar-refractivity contribution in [2.45, 2.75) is 24.9 Å². The van der Waals surface area contributed by atoms with Gasteiger partial charge in [-0.25, -0.2) is 5.48 Å². The minimum absolute atomic E-state index is 0.0357. The standard InChI is InChI=1S/C9H18N4O7S/c10-3-4-19-12-9(15)8-2-1-7(5-13(8)6-14)11-20-21(16,17)18/h6-8,11H,1-5,10H2,(H,12,15)(H,16,17,18)/t7-,8+/m1/s1. The van der Waals surface area contributed by atoms with Gasteiger partial charge in [0, 0.05) is 13.1 Å². The molecule has 11 nitrogen and oxygen atoms in total. The summed E-state index contributed by atoms with van der Waals surface area (Å²) in [5, 5.41) is 0. The van der Waals surface area contributed by atoms with Gasteiger partial charge in [0.2, 0.25) is 6.41 Å². The maximum Gasteiger partial charge on any atom is 0.413 e. The van der Waals surface area contributed by atoms with E-state index in [0.29, 0.717) is 12.8 Å². The Balaban J connectivity index is 2.49. The van der Waals surface area contributed by atoms with Crippen molar-refractivity contribution < 1.29 is 31.7 Å². The lowest BCUT2D eigenvalue weighted by molar-refractivity contribution is -0.144. The Labute approximate surface area is 121 Å². The summed E-state index contributed by atoms with van der Waals surface area (Å²) < 4.78 is 33.4. The minimum atomic E-state index is -4.62. The lowest BCUT2D eigenvalue weighted by Gasteiger charge is -2.35. The lowest BCUT2D eigenvalue weighted by atomic mass is 9.99. The van der Waals surface area contributed by atoms with Gasteiger partial charge in [-0.15, -0.1) is 0 Å². The van der Waals surface area contributed by atoms with Gasteiger partial charge in [0.1, 0.15) is 6.04 Å². The van der Waals surface area contributed by atoms with Crippen LogP contribution in [0.5, 0.6) is 0 Å². The fraction of sp³-hybridized carbons (Fsp3) is 0.778. The molecule has 0 aliphatic carbocycles. The summed E-state index contributed by atoms with van der Waals surface area (Å²) in [6.45, 7) is 0.418. The highest BCUT2D eigenvalue weighted by atomic mass is 32.3. The average molecular weight is 326 g/mol. The number of amides is 2. The third kappa shape index (κ3) is 6.33. The van der Waals surface area contributed by atoms with E-state index >= 15 is 0 Å². The highest BCUT2D eigenvalue weighted by Gasteiger charge is 2.33. The van der Waals surface area contributed by atoms with Gasteiger partial charge in [-0.3, -0.25) is 19.0 Å². The second kappa shape index (κ2) is 8.21. The smallest absolute Gasteiger partial charge is 0.331 e. The Hall–Kier alpha value is -1.31. The Morgan fingerprint density at radius 1 is 1.48 bits per heavy atom. The molecule has 0 unspecified atom stereocenters. The van der Waals surface area contributed by atoms with Crippen LogP contribution in [0.3, 0.4) is 0 Å². The minimum Gasteiger partial charge on any atom is -0.331 e. The summed E-state index contributed by atoms with van der Waals surface area (Å²) in [7, 11) is -4.62. The second-order valence-corrected chi connectivity index (χ2v) is 5.35. The third-order valence-corrected chi connectivity index (χ3v) is 3.08. The summed E-state index contributed by atoms with van der Waals surface area (Å²) in [5.74, 6) is -0.496. The van der Waals surface area contributed by atoms with Crippen LogP contribution in [0.1, 0.15) is 12.8 Å². The molecule has 0 bridgehead atoms. The molecule has 21 heavy (non-hydrogen) atoms. The van der Waals surface area contributed by atoms with Crippen molar-refractivity contribution in [3.63, 3.8) is 0 Å². The number of carbonyl (C=O) groups is 2. The van der Waals surface area contributed by atoms with Gasteiger partial charge in [0.25, 0.3) is 5.91 Å². The lowest BCUT2D eigenvalue weighted by Crippen LogP contribution is -2.55. The Bertz CT molecular complexity index is 457. The van der Waals surface area contributed by atoms with Crippen LogP contribution in [0.15, 0.2) is 0 Å². The first kappa shape index (κ1) is 17.7. The number of hydrogen-bond donors (Lipinski definition) is 4. The van der Waals surface area contributed by atoms with E-state index in [-0.39, 0.29) is 26.1 Å². The molecule has 1 fully saturated rings. The van der Waals surface area contributed by atoms with Crippen LogP contribution in [0, 0.1) is 0 Å². The molecular weight excluding hydrogens is 308 g/mol. The van der Waals surface area contributed by atoms with Crippen molar-refractivity contribution in [3.05, 3.63) is 0 Å². The van der Waals surface area contributed by atoms with Crippen molar-refractivity contribution >= 4 is 22.7 Å². The summed E-state index contributed by atoms with van der Waals surface area (Å²) in [6.07, 6.45) is 1.09. The molecule has 0 aromatic carbocycles. The van der Waals surface area contributed by atoms with Crippen LogP contribution >= 0.6 is 0 Å². The first-order chi connectivity index (χ1) is 9.87. The second-order valence-electron chi connectivity index (χ2n) is 4.32. The molecular formula is C9H18N4O7S. The van der Waals surface area contributed by atoms with Gasteiger partial charge in [-0.1, -0.05) is 0 Å². The molecule has 0 aromatic rings. The number of nitrogens with two attached hydrogens (primary N) is 1. The van der Waals surface area contributed by atoms with E-state index < -0.39 is 28.4 Å². The summed E-state index contributed by atoms with van der Waals surface area (Å²) in [4.78, 5) is 28.8. The molecule has 1 aliphatic heterocycles. The van der Waals surface area contributed by atoms with Gasteiger partial charge in [-0.2, -0.15) is 18.2 Å². The number of hydroxylamine groups is 2. The molecule has 0 saturated carbocycles. The zero-order chi connectivity index (χ0) is 15.9. The van der Waals surface area contributed by atoms with Crippen molar-refractivity contribution in [2.24, 2.45) is 5.73 Å². The van der Waals surface area contributed by atoms with Crippen LogP contribution in [-0.4, -0.2) is 62.0 Å². The number of carbonyl (C=O) groups excluding carboxylic acids is 2. The SMILES string of the molecule is NCCONC(=O)[C@@H]1CC[C@@H](NOS(=O)(=O)O)CN1C=O. The van der Waals surface area contributed by atoms with Crippen LogP contribution in [0.25, 0.3) is 0 Å². The van der Waals surface area contributed by atoms with Crippen molar-refractivity contribution in [3.8, 4) is 0 Å². The number of nitrogens with zero attached hydrogens (tertiary/aromatic N) is 1. The molecule has 1 saturated heterocycles. The number of nitrogens with one attached hydrogen (secondary N) is 2. The fourth-order valence-corrected chi connectivity index (χ4v) is 2.13. The topological polar surface area (TPSA) is 160 Å². The van der Waals surface area contributed by atoms with Gasteiger partial charge >= 0.3 is 10.4 Å². The van der Waals surface area contributed by atoms with Crippen LogP contribution < -0.4 is 16.7 Å². The third-order valence-electron chi connectivity index (χ3n) is 2.77. The van der Waals surface area contributed by atoms with Crippen molar-refractivity contribution in [1.29, 1.82) is 0 Å². The molecule has 0 radical (unpaired) electrons. The molecule has 2 amide bonds. The van der Waals surface area contributed by atoms with E-state index in [9.17, 15) is 18.0 Å².